The van der Waals surface area contributed by atoms with E-state index in [4.69, 9.17) is 4.74 Å². The van der Waals surface area contributed by atoms with Gasteiger partial charge in [0.15, 0.2) is 0 Å². The molecule has 0 N–H and O–H groups in total. The molecule has 0 atom stereocenters. The van der Waals surface area contributed by atoms with E-state index in [1.807, 2.05) is 0 Å². The van der Waals surface area contributed by atoms with E-state index < -0.39 is 37.8 Å². The summed E-state index contributed by atoms with van der Waals surface area (Å²) >= 11 is 0. The summed E-state index contributed by atoms with van der Waals surface area (Å²) in [6.45, 7) is 2.36. The van der Waals surface area contributed by atoms with Crippen molar-refractivity contribution in [3.8, 4) is 0 Å². The molecule has 0 aliphatic carbocycles. The molecule has 0 spiro atoms. The smallest absolute Gasteiger partial charge is 0.748 e. The first-order valence-electron chi connectivity index (χ1n) is 9.63. The van der Waals surface area contributed by atoms with Gasteiger partial charge in [-0.05, 0) is 6.42 Å². The van der Waals surface area contributed by atoms with E-state index in [0.29, 0.717) is 6.42 Å². The quantitative estimate of drug-likeness (QED) is 0.123. The second-order valence-corrected chi connectivity index (χ2v) is 9.73. The van der Waals surface area contributed by atoms with Gasteiger partial charge >= 0.3 is 59.1 Å². The maximum absolute atomic E-state index is 10.7. The number of rotatable bonds is 18. The third-order valence-electron chi connectivity index (χ3n) is 4.13. The summed E-state index contributed by atoms with van der Waals surface area (Å²) in [6.07, 6.45) is 12.6. The molecule has 0 radical (unpaired) electrons. The summed E-state index contributed by atoms with van der Waals surface area (Å²) < 4.78 is 69.5. The Kier molecular flexibility index (Phi) is 25.4. The zero-order chi connectivity index (χ0) is 19.9. The normalized spacial score (nSPS) is 11.9. The molecular formula is C17H34Na2O7S2. The molecule has 11 heteroatoms. The average molecular weight is 461 g/mol. The second kappa shape index (κ2) is 20.7. The third-order valence-corrected chi connectivity index (χ3v) is 5.69. The number of hydrogen-bond acceptors (Lipinski definition) is 7. The molecule has 0 saturated heterocycles. The Hall–Kier alpha value is 1.78. The monoisotopic (exact) mass is 460 g/mol. The number of ether oxygens (including phenoxy) is 1. The molecule has 0 aromatic heterocycles. The van der Waals surface area contributed by atoms with Crippen LogP contribution in [0.25, 0.3) is 0 Å². The van der Waals surface area contributed by atoms with Gasteiger partial charge < -0.3 is 13.8 Å². The minimum absolute atomic E-state index is 0. The Labute approximate surface area is 216 Å². The van der Waals surface area contributed by atoms with Crippen molar-refractivity contribution in [2.24, 2.45) is 0 Å². The van der Waals surface area contributed by atoms with Crippen LogP contribution in [0.1, 0.15) is 84.0 Å². The van der Waals surface area contributed by atoms with Gasteiger partial charge in [0.1, 0.15) is 0 Å². The molecule has 0 unspecified atom stereocenters. The maximum atomic E-state index is 10.7. The van der Waals surface area contributed by atoms with Crippen LogP contribution in [0.4, 0.5) is 0 Å². The van der Waals surface area contributed by atoms with Gasteiger partial charge in [-0.1, -0.05) is 77.6 Å². The van der Waals surface area contributed by atoms with Crippen molar-refractivity contribution < 1.29 is 89.8 Å². The predicted octanol–water partition coefficient (Wildman–Crippen LogP) is -2.83. The summed E-state index contributed by atoms with van der Waals surface area (Å²) in [7, 11) is -9.28. The van der Waals surface area contributed by atoms with Gasteiger partial charge in [-0.3, -0.25) is 0 Å². The molecule has 0 aliphatic rings. The van der Waals surface area contributed by atoms with Crippen molar-refractivity contribution >= 4 is 20.2 Å². The van der Waals surface area contributed by atoms with Crippen LogP contribution in [0.3, 0.4) is 0 Å². The van der Waals surface area contributed by atoms with Crippen LogP contribution in [0.2, 0.25) is 0 Å². The Bertz CT molecular complexity index is 506. The van der Waals surface area contributed by atoms with Crippen molar-refractivity contribution in [1.82, 2.24) is 0 Å². The van der Waals surface area contributed by atoms with Crippen LogP contribution in [-0.2, 0) is 25.0 Å². The summed E-state index contributed by atoms with van der Waals surface area (Å²) in [5.74, 6) is -1.99. The molecule has 0 amide bonds. The van der Waals surface area contributed by atoms with Gasteiger partial charge in [0, 0.05) is 6.61 Å². The van der Waals surface area contributed by atoms with Crippen molar-refractivity contribution in [2.45, 2.75) is 90.1 Å². The SMILES string of the molecule is CCCCCCCCCCCCCCOC(CS(=O)(=O)[O-])CS(=O)(=O)[O-].[Na+].[Na+]. The zero-order valence-corrected chi connectivity index (χ0v) is 23.5. The van der Waals surface area contributed by atoms with Crippen LogP contribution in [0.5, 0.6) is 0 Å². The van der Waals surface area contributed by atoms with Crippen molar-refractivity contribution in [3.05, 3.63) is 0 Å². The number of hydrogen-bond donors (Lipinski definition) is 0. The van der Waals surface area contributed by atoms with E-state index in [1.165, 1.54) is 51.4 Å². The van der Waals surface area contributed by atoms with Gasteiger partial charge in [-0.2, -0.15) is 0 Å². The van der Waals surface area contributed by atoms with Crippen molar-refractivity contribution in [2.75, 3.05) is 18.1 Å². The summed E-state index contributed by atoms with van der Waals surface area (Å²) in [4.78, 5) is 0. The number of unbranched alkanes of at least 4 members (excludes halogenated alkanes) is 11. The topological polar surface area (TPSA) is 124 Å². The van der Waals surface area contributed by atoms with Gasteiger partial charge in [0.05, 0.1) is 37.8 Å². The van der Waals surface area contributed by atoms with E-state index in [1.54, 1.807) is 0 Å². The van der Waals surface area contributed by atoms with E-state index >= 15 is 0 Å². The van der Waals surface area contributed by atoms with Gasteiger partial charge in [0.25, 0.3) is 0 Å². The first-order valence-corrected chi connectivity index (χ1v) is 12.8. The van der Waals surface area contributed by atoms with E-state index in [2.05, 4.69) is 6.92 Å². The maximum Gasteiger partial charge on any atom is 1.00 e. The van der Waals surface area contributed by atoms with E-state index in [9.17, 15) is 25.9 Å². The first kappa shape index (κ1) is 34.4. The Morgan fingerprint density at radius 3 is 1.29 bits per heavy atom. The summed E-state index contributed by atoms with van der Waals surface area (Å²) in [5.41, 5.74) is 0. The molecule has 158 valence electrons. The fourth-order valence-corrected chi connectivity index (χ4v) is 4.28. The predicted molar refractivity (Wildman–Crippen MR) is 99.9 cm³/mol. The fourth-order valence-electron chi connectivity index (χ4n) is 2.79. The molecule has 0 fully saturated rings. The summed E-state index contributed by atoms with van der Waals surface area (Å²) in [6, 6.07) is 0. The van der Waals surface area contributed by atoms with Crippen LogP contribution >= 0.6 is 0 Å². The molecule has 0 aromatic rings. The minimum atomic E-state index is -4.64. The van der Waals surface area contributed by atoms with Crippen LogP contribution in [0, 0.1) is 0 Å². The fraction of sp³-hybridized carbons (Fsp3) is 1.00. The Balaban J connectivity index is -0.00000312. The van der Waals surface area contributed by atoms with Gasteiger partial charge in [0.2, 0.25) is 0 Å². The minimum Gasteiger partial charge on any atom is -0.748 e. The molecule has 0 saturated carbocycles. The van der Waals surface area contributed by atoms with Gasteiger partial charge in [-0.25, -0.2) is 16.8 Å². The van der Waals surface area contributed by atoms with Crippen molar-refractivity contribution in [3.63, 3.8) is 0 Å². The molecule has 0 bridgehead atoms. The van der Waals surface area contributed by atoms with Crippen LogP contribution < -0.4 is 59.1 Å². The first-order chi connectivity index (χ1) is 12.1. The van der Waals surface area contributed by atoms with E-state index in [0.717, 1.165) is 19.3 Å². The van der Waals surface area contributed by atoms with Crippen LogP contribution in [0.15, 0.2) is 0 Å². The second-order valence-electron chi connectivity index (χ2n) is 6.83. The third kappa shape index (κ3) is 27.8. The molecule has 0 heterocycles. The van der Waals surface area contributed by atoms with Gasteiger partial charge in [-0.15, -0.1) is 0 Å². The largest absolute Gasteiger partial charge is 1.00 e. The Morgan fingerprint density at radius 2 is 0.964 bits per heavy atom. The standard InChI is InChI=1S/C17H36O7S2.2Na/c1-2-3-4-5-6-7-8-9-10-11-12-13-14-24-17(15-25(18,19)20)16-26(21,22)23;;/h17H,2-16H2,1H3,(H,18,19,20)(H,21,22,23);;/q;2*+1/p-2. The molecule has 7 nitrogen and oxygen atoms in total. The summed E-state index contributed by atoms with van der Waals surface area (Å²) in [5, 5.41) is 0. The molecule has 28 heavy (non-hydrogen) atoms. The molecule has 0 aromatic carbocycles. The van der Waals surface area contributed by atoms with Crippen LogP contribution in [-0.4, -0.2) is 50.2 Å². The zero-order valence-electron chi connectivity index (χ0n) is 17.9. The Morgan fingerprint density at radius 1 is 0.643 bits per heavy atom. The molecule has 0 aliphatic heterocycles. The molecular weight excluding hydrogens is 426 g/mol. The van der Waals surface area contributed by atoms with E-state index in [-0.39, 0.29) is 65.7 Å². The molecule has 0 rings (SSSR count). The van der Waals surface area contributed by atoms with Crippen molar-refractivity contribution in [1.29, 1.82) is 0 Å². The average Bonchev–Trinajstić information content (AvgIpc) is 2.48.